The lowest BCUT2D eigenvalue weighted by atomic mass is 10.2. The number of nitrogens with zero attached hydrogens (tertiary/aromatic N) is 4. The largest absolute Gasteiger partial charge is 0.481 e. The number of carbonyl (C=O) groups is 2. The van der Waals surface area contributed by atoms with Gasteiger partial charge in [-0.1, -0.05) is 19.9 Å². The fraction of sp³-hybridized carbons (Fsp3) is 0.412. The summed E-state index contributed by atoms with van der Waals surface area (Å²) in [6.45, 7) is 5.98. The summed E-state index contributed by atoms with van der Waals surface area (Å²) in [7, 11) is 0. The molecule has 1 amide bonds. The maximum absolute atomic E-state index is 13.5. The zero-order valence-corrected chi connectivity index (χ0v) is 14.4. The second-order valence-electron chi connectivity index (χ2n) is 5.87. The summed E-state index contributed by atoms with van der Waals surface area (Å²) < 4.78 is 15.0. The average molecular weight is 348 g/mol. The van der Waals surface area contributed by atoms with Crippen molar-refractivity contribution in [2.24, 2.45) is 0 Å². The van der Waals surface area contributed by atoms with Crippen LogP contribution in [0.15, 0.2) is 24.3 Å². The van der Waals surface area contributed by atoms with E-state index in [1.54, 1.807) is 19.1 Å². The van der Waals surface area contributed by atoms with Gasteiger partial charge >= 0.3 is 5.97 Å². The highest BCUT2D eigenvalue weighted by molar-refractivity contribution is 5.90. The first-order chi connectivity index (χ1) is 11.8. The maximum Gasteiger partial charge on any atom is 0.305 e. The number of amides is 1. The van der Waals surface area contributed by atoms with Gasteiger partial charge in [-0.05, 0) is 25.1 Å². The Morgan fingerprint density at radius 2 is 2.08 bits per heavy atom. The van der Waals surface area contributed by atoms with Crippen LogP contribution in [0.3, 0.4) is 0 Å². The number of hydrogen-bond donors (Lipinski definition) is 1. The fourth-order valence-corrected chi connectivity index (χ4v) is 2.36. The van der Waals surface area contributed by atoms with Crippen molar-refractivity contribution in [3.63, 3.8) is 0 Å². The number of aliphatic carboxylic acids is 1. The van der Waals surface area contributed by atoms with E-state index in [0.29, 0.717) is 18.1 Å². The number of carboxylic acids is 1. The molecule has 0 bridgehead atoms. The smallest absolute Gasteiger partial charge is 0.305 e. The molecule has 0 unspecified atom stereocenters. The Labute approximate surface area is 145 Å². The Morgan fingerprint density at radius 1 is 1.36 bits per heavy atom. The van der Waals surface area contributed by atoms with Crippen LogP contribution in [0.2, 0.25) is 0 Å². The van der Waals surface area contributed by atoms with Crippen molar-refractivity contribution >= 4 is 11.9 Å². The molecule has 0 spiro atoms. The zero-order chi connectivity index (χ0) is 18.6. The van der Waals surface area contributed by atoms with Crippen LogP contribution >= 0.6 is 0 Å². The van der Waals surface area contributed by atoms with Gasteiger partial charge in [-0.15, -0.1) is 5.10 Å². The summed E-state index contributed by atoms with van der Waals surface area (Å²) in [5, 5.41) is 13.0. The predicted molar refractivity (Wildman–Crippen MR) is 89.2 cm³/mol. The Bertz CT molecular complexity index is 773. The standard InChI is InChI=1S/C17H21FN4O3/c1-4-21(9-8-14(23)24)17(25)15-19-16(11(2)3)22(20-15)13-7-5-6-12(18)10-13/h5-7,10-11H,4,8-9H2,1-3H3,(H,23,24). The second-order valence-corrected chi connectivity index (χ2v) is 5.87. The van der Waals surface area contributed by atoms with Crippen LogP contribution in [-0.2, 0) is 4.79 Å². The third-order valence-electron chi connectivity index (χ3n) is 3.66. The molecule has 134 valence electrons. The third-order valence-corrected chi connectivity index (χ3v) is 3.66. The zero-order valence-electron chi connectivity index (χ0n) is 14.4. The van der Waals surface area contributed by atoms with Crippen LogP contribution in [0, 0.1) is 5.82 Å². The van der Waals surface area contributed by atoms with Gasteiger partial charge in [0.1, 0.15) is 11.6 Å². The van der Waals surface area contributed by atoms with Crippen LogP contribution in [-0.4, -0.2) is 49.7 Å². The highest BCUT2D eigenvalue weighted by Gasteiger charge is 2.23. The molecule has 2 aromatic rings. The molecule has 1 aromatic carbocycles. The quantitative estimate of drug-likeness (QED) is 0.830. The molecular weight excluding hydrogens is 327 g/mol. The number of hydrogen-bond acceptors (Lipinski definition) is 4. The first-order valence-electron chi connectivity index (χ1n) is 8.07. The number of halogens is 1. The molecule has 0 radical (unpaired) electrons. The van der Waals surface area contributed by atoms with E-state index in [9.17, 15) is 14.0 Å². The van der Waals surface area contributed by atoms with Gasteiger partial charge in [0.05, 0.1) is 12.1 Å². The summed E-state index contributed by atoms with van der Waals surface area (Å²) >= 11 is 0. The van der Waals surface area contributed by atoms with Crippen LogP contribution in [0.25, 0.3) is 5.69 Å². The Morgan fingerprint density at radius 3 is 2.64 bits per heavy atom. The van der Waals surface area contributed by atoms with E-state index in [2.05, 4.69) is 10.1 Å². The van der Waals surface area contributed by atoms with Gasteiger partial charge in [-0.3, -0.25) is 9.59 Å². The normalized spacial score (nSPS) is 10.9. The summed E-state index contributed by atoms with van der Waals surface area (Å²) in [6.07, 6.45) is -0.152. The number of carbonyl (C=O) groups excluding carboxylic acids is 1. The van der Waals surface area contributed by atoms with E-state index in [-0.39, 0.29) is 24.7 Å². The first kappa shape index (κ1) is 18.6. The molecule has 0 aliphatic heterocycles. The minimum absolute atomic E-state index is 0.0276. The van der Waals surface area contributed by atoms with Crippen molar-refractivity contribution in [2.75, 3.05) is 13.1 Å². The molecule has 0 fully saturated rings. The molecule has 1 heterocycles. The molecule has 7 nitrogen and oxygen atoms in total. The SMILES string of the molecule is CCN(CCC(=O)O)C(=O)c1nc(C(C)C)n(-c2cccc(F)c2)n1. The highest BCUT2D eigenvalue weighted by atomic mass is 19.1. The molecule has 25 heavy (non-hydrogen) atoms. The van der Waals surface area contributed by atoms with Crippen molar-refractivity contribution in [2.45, 2.75) is 33.1 Å². The van der Waals surface area contributed by atoms with Crippen LogP contribution in [0.5, 0.6) is 0 Å². The lowest BCUT2D eigenvalue weighted by Gasteiger charge is -2.17. The van der Waals surface area contributed by atoms with Gasteiger partial charge in [-0.25, -0.2) is 14.1 Å². The number of aromatic nitrogens is 3. The minimum Gasteiger partial charge on any atom is -0.481 e. The molecule has 2 rings (SSSR count). The van der Waals surface area contributed by atoms with E-state index in [0.717, 1.165) is 0 Å². The third kappa shape index (κ3) is 4.40. The number of carboxylic acid groups (broad SMARTS) is 1. The van der Waals surface area contributed by atoms with Gasteiger partial charge in [0.25, 0.3) is 5.91 Å². The lowest BCUT2D eigenvalue weighted by Crippen LogP contribution is -2.33. The van der Waals surface area contributed by atoms with Gasteiger partial charge in [-0.2, -0.15) is 0 Å². The van der Waals surface area contributed by atoms with Gasteiger partial charge in [0.15, 0.2) is 0 Å². The summed E-state index contributed by atoms with van der Waals surface area (Å²) in [5.41, 5.74) is 0.476. The van der Waals surface area contributed by atoms with Gasteiger partial charge in [0, 0.05) is 19.0 Å². The minimum atomic E-state index is -0.979. The second kappa shape index (κ2) is 7.87. The molecule has 0 atom stereocenters. The summed E-state index contributed by atoms with van der Waals surface area (Å²) in [4.78, 5) is 29.0. The molecule has 8 heteroatoms. The van der Waals surface area contributed by atoms with Crippen molar-refractivity contribution in [1.82, 2.24) is 19.7 Å². The molecule has 0 aliphatic carbocycles. The first-order valence-corrected chi connectivity index (χ1v) is 8.07. The molecule has 1 aromatic heterocycles. The van der Waals surface area contributed by atoms with Crippen molar-refractivity contribution in [3.8, 4) is 5.69 Å². The monoisotopic (exact) mass is 348 g/mol. The number of rotatable bonds is 7. The Hall–Kier alpha value is -2.77. The van der Waals surface area contributed by atoms with Crippen LogP contribution in [0.4, 0.5) is 4.39 Å². The van der Waals surface area contributed by atoms with Crippen molar-refractivity contribution < 1.29 is 19.1 Å². The molecule has 0 saturated heterocycles. The maximum atomic E-state index is 13.5. The molecule has 0 aliphatic rings. The van der Waals surface area contributed by atoms with E-state index in [4.69, 9.17) is 5.11 Å². The van der Waals surface area contributed by atoms with E-state index >= 15 is 0 Å². The van der Waals surface area contributed by atoms with Crippen LogP contribution < -0.4 is 0 Å². The summed E-state index contributed by atoms with van der Waals surface area (Å²) in [5.74, 6) is -1.37. The Kier molecular flexibility index (Phi) is 5.84. The van der Waals surface area contributed by atoms with E-state index in [1.165, 1.54) is 21.7 Å². The Balaban J connectivity index is 2.37. The van der Waals surface area contributed by atoms with Gasteiger partial charge in [0.2, 0.25) is 5.82 Å². The molecule has 1 N–H and O–H groups in total. The number of benzene rings is 1. The van der Waals surface area contributed by atoms with E-state index in [1.807, 2.05) is 13.8 Å². The van der Waals surface area contributed by atoms with Crippen molar-refractivity contribution in [3.05, 3.63) is 41.7 Å². The fourth-order valence-electron chi connectivity index (χ4n) is 2.36. The molecule has 0 saturated carbocycles. The highest BCUT2D eigenvalue weighted by Crippen LogP contribution is 2.18. The van der Waals surface area contributed by atoms with Crippen molar-refractivity contribution in [1.29, 1.82) is 0 Å². The molecular formula is C17H21FN4O3. The van der Waals surface area contributed by atoms with E-state index < -0.39 is 17.7 Å². The van der Waals surface area contributed by atoms with Crippen LogP contribution in [0.1, 0.15) is 49.6 Å². The topological polar surface area (TPSA) is 88.3 Å². The predicted octanol–water partition coefficient (Wildman–Crippen LogP) is 2.47. The van der Waals surface area contributed by atoms with Gasteiger partial charge < -0.3 is 10.0 Å². The average Bonchev–Trinajstić information content (AvgIpc) is 3.00. The summed E-state index contributed by atoms with van der Waals surface area (Å²) in [6, 6.07) is 5.88. The lowest BCUT2D eigenvalue weighted by molar-refractivity contribution is -0.137.